The van der Waals surface area contributed by atoms with Crippen LogP contribution < -0.4 is 11.1 Å². The second-order valence-electron chi connectivity index (χ2n) is 4.30. The van der Waals surface area contributed by atoms with Crippen molar-refractivity contribution >= 4 is 17.3 Å². The summed E-state index contributed by atoms with van der Waals surface area (Å²) >= 11 is 0. The second-order valence-corrected chi connectivity index (χ2v) is 4.30. The van der Waals surface area contributed by atoms with Gasteiger partial charge in [-0.15, -0.1) is 0 Å². The van der Waals surface area contributed by atoms with Gasteiger partial charge < -0.3 is 15.5 Å². The van der Waals surface area contributed by atoms with E-state index in [1.807, 2.05) is 28.4 Å². The third-order valence-corrected chi connectivity index (χ3v) is 2.99. The number of aryl methyl sites for hydroxylation is 1. The highest BCUT2D eigenvalue weighted by molar-refractivity contribution is 5.64. The molecule has 0 aliphatic rings. The maximum absolute atomic E-state index is 5.76. The third kappa shape index (κ3) is 2.22. The standard InChI is InChI=1S/C12H15N7/c1-18-9(3-5-16-18)2-4-14-11-12-15-6-7-19(12)8-10(13)17-11/h3,5-8H,2,4,13H2,1H3,(H,14,17). The molecule has 3 aromatic heterocycles. The van der Waals surface area contributed by atoms with E-state index >= 15 is 0 Å². The molecule has 7 nitrogen and oxygen atoms in total. The van der Waals surface area contributed by atoms with E-state index in [1.54, 1.807) is 18.6 Å². The summed E-state index contributed by atoms with van der Waals surface area (Å²) in [6, 6.07) is 2.00. The molecule has 0 saturated carbocycles. The van der Waals surface area contributed by atoms with Crippen molar-refractivity contribution in [3.8, 4) is 0 Å². The van der Waals surface area contributed by atoms with Crippen molar-refractivity contribution in [1.82, 2.24) is 24.1 Å². The molecule has 0 spiro atoms. The van der Waals surface area contributed by atoms with Crippen molar-refractivity contribution in [2.24, 2.45) is 7.05 Å². The molecule has 3 heterocycles. The first-order valence-electron chi connectivity index (χ1n) is 6.04. The van der Waals surface area contributed by atoms with Crippen LogP contribution in [0, 0.1) is 0 Å². The van der Waals surface area contributed by atoms with Crippen LogP contribution in [0.5, 0.6) is 0 Å². The molecule has 0 bridgehead atoms. The largest absolute Gasteiger partial charge is 0.382 e. The molecule has 98 valence electrons. The topological polar surface area (TPSA) is 86.1 Å². The zero-order chi connectivity index (χ0) is 13.2. The first-order chi connectivity index (χ1) is 9.24. The zero-order valence-electron chi connectivity index (χ0n) is 10.6. The van der Waals surface area contributed by atoms with Crippen molar-refractivity contribution in [3.05, 3.63) is 36.5 Å². The Morgan fingerprint density at radius 1 is 1.37 bits per heavy atom. The maximum atomic E-state index is 5.76. The summed E-state index contributed by atoms with van der Waals surface area (Å²) in [4.78, 5) is 8.53. The van der Waals surface area contributed by atoms with Gasteiger partial charge in [-0.1, -0.05) is 0 Å². The summed E-state index contributed by atoms with van der Waals surface area (Å²) in [5, 5.41) is 7.40. The Balaban J connectivity index is 1.75. The lowest BCUT2D eigenvalue weighted by Crippen LogP contribution is -2.11. The van der Waals surface area contributed by atoms with Gasteiger partial charge in [0.1, 0.15) is 5.82 Å². The Kier molecular flexibility index (Phi) is 2.79. The van der Waals surface area contributed by atoms with Crippen molar-refractivity contribution in [2.45, 2.75) is 6.42 Å². The minimum atomic E-state index is 0.466. The molecule has 0 unspecified atom stereocenters. The highest BCUT2D eigenvalue weighted by atomic mass is 15.3. The van der Waals surface area contributed by atoms with Crippen molar-refractivity contribution in [1.29, 1.82) is 0 Å². The molecule has 19 heavy (non-hydrogen) atoms. The van der Waals surface area contributed by atoms with Gasteiger partial charge >= 0.3 is 0 Å². The summed E-state index contributed by atoms with van der Waals surface area (Å²) in [5.41, 5.74) is 7.70. The third-order valence-electron chi connectivity index (χ3n) is 2.99. The summed E-state index contributed by atoms with van der Waals surface area (Å²) < 4.78 is 3.72. The van der Waals surface area contributed by atoms with E-state index in [1.165, 1.54) is 0 Å². The van der Waals surface area contributed by atoms with Gasteiger partial charge in [0.05, 0.1) is 6.20 Å². The maximum Gasteiger partial charge on any atom is 0.180 e. The number of nitrogens with zero attached hydrogens (tertiary/aromatic N) is 5. The van der Waals surface area contributed by atoms with Gasteiger partial charge in [0, 0.05) is 44.3 Å². The lowest BCUT2D eigenvalue weighted by atomic mass is 10.3. The Morgan fingerprint density at radius 2 is 2.26 bits per heavy atom. The van der Waals surface area contributed by atoms with Crippen molar-refractivity contribution in [3.63, 3.8) is 0 Å². The van der Waals surface area contributed by atoms with Crippen molar-refractivity contribution in [2.75, 3.05) is 17.6 Å². The quantitative estimate of drug-likeness (QED) is 0.718. The number of aromatic nitrogens is 5. The molecule has 0 amide bonds. The number of hydrogen-bond donors (Lipinski definition) is 2. The molecule has 0 radical (unpaired) electrons. The molecule has 7 heteroatoms. The SMILES string of the molecule is Cn1nccc1CCNc1nc(N)cn2ccnc12. The number of imidazole rings is 1. The van der Waals surface area contributed by atoms with Crippen LogP contribution in [-0.4, -0.2) is 30.7 Å². The Hall–Kier alpha value is -2.57. The molecule has 0 aliphatic heterocycles. The van der Waals surface area contributed by atoms with Gasteiger partial charge in [0.15, 0.2) is 11.5 Å². The number of nitrogens with one attached hydrogen (secondary N) is 1. The monoisotopic (exact) mass is 257 g/mol. The van der Waals surface area contributed by atoms with Crippen LogP contribution in [0.15, 0.2) is 30.9 Å². The number of hydrogen-bond acceptors (Lipinski definition) is 5. The average molecular weight is 257 g/mol. The Labute approximate surface area is 110 Å². The minimum absolute atomic E-state index is 0.466. The van der Waals surface area contributed by atoms with Crippen LogP contribution in [0.1, 0.15) is 5.69 Å². The summed E-state index contributed by atoms with van der Waals surface area (Å²) in [5.74, 6) is 1.17. The van der Waals surface area contributed by atoms with Crippen LogP contribution in [0.3, 0.4) is 0 Å². The number of nitrogens with two attached hydrogens (primary N) is 1. The smallest absolute Gasteiger partial charge is 0.180 e. The average Bonchev–Trinajstić information content (AvgIpc) is 2.98. The molecule has 0 saturated heterocycles. The second kappa shape index (κ2) is 4.60. The Morgan fingerprint density at radius 3 is 3.05 bits per heavy atom. The molecule has 3 aromatic rings. The fourth-order valence-corrected chi connectivity index (χ4v) is 2.03. The fraction of sp³-hybridized carbons (Fsp3) is 0.250. The first kappa shape index (κ1) is 11.5. The zero-order valence-corrected chi connectivity index (χ0v) is 10.6. The number of anilines is 2. The predicted molar refractivity (Wildman–Crippen MR) is 72.8 cm³/mol. The predicted octanol–water partition coefficient (Wildman–Crippen LogP) is 0.700. The van der Waals surface area contributed by atoms with Gasteiger partial charge in [-0.05, 0) is 6.07 Å². The fourth-order valence-electron chi connectivity index (χ4n) is 2.03. The van der Waals surface area contributed by atoms with Crippen LogP contribution in [0.2, 0.25) is 0 Å². The normalized spacial score (nSPS) is 11.0. The molecule has 0 atom stereocenters. The van der Waals surface area contributed by atoms with E-state index in [9.17, 15) is 0 Å². The van der Waals surface area contributed by atoms with Gasteiger partial charge in [-0.25, -0.2) is 9.97 Å². The van der Waals surface area contributed by atoms with Gasteiger partial charge in [0.2, 0.25) is 0 Å². The lowest BCUT2D eigenvalue weighted by molar-refractivity contribution is 0.711. The minimum Gasteiger partial charge on any atom is -0.382 e. The highest BCUT2D eigenvalue weighted by Crippen LogP contribution is 2.14. The lowest BCUT2D eigenvalue weighted by Gasteiger charge is -2.08. The van der Waals surface area contributed by atoms with Crippen LogP contribution >= 0.6 is 0 Å². The molecular formula is C12H15N7. The van der Waals surface area contributed by atoms with Gasteiger partial charge in [-0.3, -0.25) is 4.68 Å². The summed E-state index contributed by atoms with van der Waals surface area (Å²) in [7, 11) is 1.93. The van der Waals surface area contributed by atoms with Gasteiger partial charge in [0.25, 0.3) is 0 Å². The first-order valence-corrected chi connectivity index (χ1v) is 6.04. The van der Waals surface area contributed by atoms with E-state index in [0.717, 1.165) is 24.3 Å². The number of fused-ring (bicyclic) bond motifs is 1. The van der Waals surface area contributed by atoms with E-state index in [4.69, 9.17) is 5.73 Å². The Bertz CT molecular complexity index is 697. The number of nitrogen functional groups attached to an aromatic ring is 1. The van der Waals surface area contributed by atoms with Crippen LogP contribution in [-0.2, 0) is 13.5 Å². The molecule has 0 aromatic carbocycles. The molecule has 3 N–H and O–H groups in total. The summed E-state index contributed by atoms with van der Waals surface area (Å²) in [6.07, 6.45) is 7.97. The molecule has 3 rings (SSSR count). The van der Waals surface area contributed by atoms with Crippen LogP contribution in [0.4, 0.5) is 11.6 Å². The van der Waals surface area contributed by atoms with E-state index in [-0.39, 0.29) is 0 Å². The van der Waals surface area contributed by atoms with E-state index in [0.29, 0.717) is 11.6 Å². The molecular weight excluding hydrogens is 242 g/mol. The van der Waals surface area contributed by atoms with Crippen molar-refractivity contribution < 1.29 is 0 Å². The van der Waals surface area contributed by atoms with E-state index < -0.39 is 0 Å². The highest BCUT2D eigenvalue weighted by Gasteiger charge is 2.06. The van der Waals surface area contributed by atoms with E-state index in [2.05, 4.69) is 20.4 Å². The summed E-state index contributed by atoms with van der Waals surface area (Å²) in [6.45, 7) is 0.749. The number of rotatable bonds is 4. The van der Waals surface area contributed by atoms with Crippen LogP contribution in [0.25, 0.3) is 5.65 Å². The molecule has 0 fully saturated rings. The molecule has 0 aliphatic carbocycles. The van der Waals surface area contributed by atoms with Gasteiger partial charge in [-0.2, -0.15) is 5.10 Å².